The van der Waals surface area contributed by atoms with Crippen LogP contribution in [-0.4, -0.2) is 19.0 Å². The average molecular weight is 441 g/mol. The lowest BCUT2D eigenvalue weighted by Crippen LogP contribution is -2.42. The standard InChI is InChI=1S/C19H27N3O.HI/c1-4-20-18(21-14-17-11-8-12-23-17)22-15-19(2,3)13-16-9-6-5-7-10-16;/h5-12H,4,13-15H2,1-3H3,(H2,20,21,22);1H. The molecule has 4 nitrogen and oxygen atoms in total. The maximum absolute atomic E-state index is 5.32. The molecule has 0 aliphatic carbocycles. The number of furan rings is 1. The van der Waals surface area contributed by atoms with Crippen molar-refractivity contribution in [2.45, 2.75) is 33.7 Å². The monoisotopic (exact) mass is 441 g/mol. The van der Waals surface area contributed by atoms with Crippen LogP contribution in [0.25, 0.3) is 0 Å². The molecule has 0 atom stereocenters. The van der Waals surface area contributed by atoms with Crippen LogP contribution in [0.3, 0.4) is 0 Å². The van der Waals surface area contributed by atoms with E-state index in [-0.39, 0.29) is 29.4 Å². The van der Waals surface area contributed by atoms with Gasteiger partial charge in [-0.2, -0.15) is 0 Å². The van der Waals surface area contributed by atoms with Gasteiger partial charge in [-0.25, -0.2) is 4.99 Å². The fourth-order valence-electron chi connectivity index (χ4n) is 2.44. The molecule has 5 heteroatoms. The molecule has 2 rings (SSSR count). The summed E-state index contributed by atoms with van der Waals surface area (Å²) in [4.78, 5) is 4.57. The Morgan fingerprint density at radius 3 is 2.46 bits per heavy atom. The zero-order chi connectivity index (χ0) is 16.5. The summed E-state index contributed by atoms with van der Waals surface area (Å²) in [6.07, 6.45) is 2.70. The summed E-state index contributed by atoms with van der Waals surface area (Å²) < 4.78 is 5.32. The Morgan fingerprint density at radius 2 is 1.83 bits per heavy atom. The summed E-state index contributed by atoms with van der Waals surface area (Å²) >= 11 is 0. The molecule has 0 saturated heterocycles. The second kappa shape index (κ2) is 10.4. The van der Waals surface area contributed by atoms with E-state index < -0.39 is 0 Å². The summed E-state index contributed by atoms with van der Waals surface area (Å²) in [6.45, 7) is 8.84. The van der Waals surface area contributed by atoms with Gasteiger partial charge < -0.3 is 15.1 Å². The molecule has 24 heavy (non-hydrogen) atoms. The first-order valence-electron chi connectivity index (χ1n) is 8.17. The topological polar surface area (TPSA) is 49.6 Å². The minimum atomic E-state index is 0. The van der Waals surface area contributed by atoms with Crippen molar-refractivity contribution in [1.29, 1.82) is 0 Å². The van der Waals surface area contributed by atoms with Gasteiger partial charge in [0.2, 0.25) is 0 Å². The third-order valence-electron chi connectivity index (χ3n) is 3.58. The summed E-state index contributed by atoms with van der Waals surface area (Å²) in [5.74, 6) is 1.69. The van der Waals surface area contributed by atoms with E-state index in [1.54, 1.807) is 6.26 Å². The molecule has 0 fully saturated rings. The SMILES string of the molecule is CCNC(=NCc1ccco1)NCC(C)(C)Cc1ccccc1.I. The van der Waals surface area contributed by atoms with Crippen molar-refractivity contribution >= 4 is 29.9 Å². The van der Waals surface area contributed by atoms with Gasteiger partial charge in [-0.1, -0.05) is 44.2 Å². The Kier molecular flexibility index (Phi) is 8.89. The molecule has 0 spiro atoms. The van der Waals surface area contributed by atoms with E-state index in [1.807, 2.05) is 12.1 Å². The number of hydrogen-bond donors (Lipinski definition) is 2. The van der Waals surface area contributed by atoms with Gasteiger partial charge >= 0.3 is 0 Å². The Balaban J connectivity index is 0.00000288. The van der Waals surface area contributed by atoms with Crippen LogP contribution in [0.2, 0.25) is 0 Å². The van der Waals surface area contributed by atoms with E-state index in [2.05, 4.69) is 66.7 Å². The first kappa shape index (κ1) is 20.5. The molecule has 1 heterocycles. The number of hydrogen-bond acceptors (Lipinski definition) is 2. The van der Waals surface area contributed by atoms with Gasteiger partial charge in [-0.3, -0.25) is 0 Å². The Morgan fingerprint density at radius 1 is 1.08 bits per heavy atom. The normalized spacial score (nSPS) is 11.7. The Bertz CT molecular complexity index is 594. The highest BCUT2D eigenvalue weighted by Crippen LogP contribution is 2.20. The zero-order valence-corrected chi connectivity index (χ0v) is 17.0. The highest BCUT2D eigenvalue weighted by Gasteiger charge is 2.19. The van der Waals surface area contributed by atoms with Gasteiger partial charge in [-0.05, 0) is 36.5 Å². The first-order chi connectivity index (χ1) is 11.1. The molecule has 0 aliphatic rings. The van der Waals surface area contributed by atoms with Gasteiger partial charge in [0.15, 0.2) is 5.96 Å². The molecule has 0 unspecified atom stereocenters. The highest BCUT2D eigenvalue weighted by molar-refractivity contribution is 14.0. The number of guanidine groups is 1. The van der Waals surface area contributed by atoms with Crippen molar-refractivity contribution in [2.75, 3.05) is 13.1 Å². The molecule has 0 amide bonds. The van der Waals surface area contributed by atoms with Crippen LogP contribution in [0.4, 0.5) is 0 Å². The van der Waals surface area contributed by atoms with Crippen molar-refractivity contribution < 1.29 is 4.42 Å². The zero-order valence-electron chi connectivity index (χ0n) is 14.7. The largest absolute Gasteiger partial charge is 0.467 e. The van der Waals surface area contributed by atoms with Crippen molar-refractivity contribution in [1.82, 2.24) is 10.6 Å². The van der Waals surface area contributed by atoms with Crippen molar-refractivity contribution in [3.8, 4) is 0 Å². The van der Waals surface area contributed by atoms with E-state index in [1.165, 1.54) is 5.56 Å². The molecule has 0 aliphatic heterocycles. The van der Waals surface area contributed by atoms with E-state index in [4.69, 9.17) is 4.42 Å². The van der Waals surface area contributed by atoms with E-state index in [0.29, 0.717) is 6.54 Å². The summed E-state index contributed by atoms with van der Waals surface area (Å²) in [7, 11) is 0. The minimum Gasteiger partial charge on any atom is -0.467 e. The molecule has 0 bridgehead atoms. The van der Waals surface area contributed by atoms with E-state index >= 15 is 0 Å². The predicted octanol–water partition coefficient (Wildman–Crippen LogP) is 4.22. The third kappa shape index (κ3) is 7.38. The van der Waals surface area contributed by atoms with E-state index in [9.17, 15) is 0 Å². The van der Waals surface area contributed by atoms with Crippen LogP contribution in [-0.2, 0) is 13.0 Å². The predicted molar refractivity (Wildman–Crippen MR) is 111 cm³/mol. The van der Waals surface area contributed by atoms with Crippen molar-refractivity contribution in [2.24, 2.45) is 10.4 Å². The lowest BCUT2D eigenvalue weighted by atomic mass is 9.86. The Labute approximate surface area is 162 Å². The second-order valence-corrected chi connectivity index (χ2v) is 6.45. The quantitative estimate of drug-likeness (QED) is 0.384. The van der Waals surface area contributed by atoms with Crippen LogP contribution in [0.1, 0.15) is 32.1 Å². The smallest absolute Gasteiger partial charge is 0.191 e. The summed E-state index contributed by atoms with van der Waals surface area (Å²) in [6, 6.07) is 14.4. The van der Waals surface area contributed by atoms with Gasteiger partial charge in [0.25, 0.3) is 0 Å². The fourth-order valence-corrected chi connectivity index (χ4v) is 2.44. The molecule has 0 saturated carbocycles. The Hall–Kier alpha value is -1.50. The molecule has 1 aromatic heterocycles. The number of nitrogens with zero attached hydrogens (tertiary/aromatic N) is 1. The third-order valence-corrected chi connectivity index (χ3v) is 3.58. The van der Waals surface area contributed by atoms with Crippen LogP contribution >= 0.6 is 24.0 Å². The van der Waals surface area contributed by atoms with Gasteiger partial charge in [0.05, 0.1) is 6.26 Å². The van der Waals surface area contributed by atoms with Crippen molar-refractivity contribution in [3.05, 3.63) is 60.1 Å². The number of rotatable bonds is 7. The van der Waals surface area contributed by atoms with Crippen LogP contribution in [0.5, 0.6) is 0 Å². The maximum Gasteiger partial charge on any atom is 0.191 e. The summed E-state index contributed by atoms with van der Waals surface area (Å²) in [5, 5.41) is 6.72. The van der Waals surface area contributed by atoms with Crippen LogP contribution in [0.15, 0.2) is 58.1 Å². The lowest BCUT2D eigenvalue weighted by Gasteiger charge is -2.26. The maximum atomic E-state index is 5.32. The van der Waals surface area contributed by atoms with E-state index in [0.717, 1.165) is 31.2 Å². The van der Waals surface area contributed by atoms with Gasteiger partial charge in [0, 0.05) is 13.1 Å². The molecule has 1 aromatic carbocycles. The second-order valence-electron chi connectivity index (χ2n) is 6.45. The molecule has 132 valence electrons. The molecule has 0 radical (unpaired) electrons. The molecular formula is C19H28IN3O. The minimum absolute atomic E-state index is 0. The van der Waals surface area contributed by atoms with Crippen LogP contribution < -0.4 is 10.6 Å². The highest BCUT2D eigenvalue weighted by atomic mass is 127. The molecule has 2 N–H and O–H groups in total. The summed E-state index contributed by atoms with van der Waals surface area (Å²) in [5.41, 5.74) is 1.50. The van der Waals surface area contributed by atoms with Gasteiger partial charge in [-0.15, -0.1) is 24.0 Å². The van der Waals surface area contributed by atoms with Crippen molar-refractivity contribution in [3.63, 3.8) is 0 Å². The number of halogens is 1. The number of nitrogens with one attached hydrogen (secondary N) is 2. The fraction of sp³-hybridized carbons (Fsp3) is 0.421. The number of benzene rings is 1. The van der Waals surface area contributed by atoms with Gasteiger partial charge in [0.1, 0.15) is 12.3 Å². The number of aliphatic imine (C=N–C) groups is 1. The van der Waals surface area contributed by atoms with Crippen LogP contribution in [0, 0.1) is 5.41 Å². The molecular weight excluding hydrogens is 413 g/mol. The first-order valence-corrected chi connectivity index (χ1v) is 8.17. The average Bonchev–Trinajstić information content (AvgIpc) is 3.04. The lowest BCUT2D eigenvalue weighted by molar-refractivity contribution is 0.359. The molecule has 2 aromatic rings.